The van der Waals surface area contributed by atoms with Crippen LogP contribution in [0.15, 0.2) is 23.1 Å². The first kappa shape index (κ1) is 20.3. The van der Waals surface area contributed by atoms with E-state index in [0.29, 0.717) is 37.4 Å². The second-order valence-electron chi connectivity index (χ2n) is 6.60. The number of rotatable bonds is 5. The van der Waals surface area contributed by atoms with Crippen molar-refractivity contribution in [3.63, 3.8) is 0 Å². The molecule has 0 spiro atoms. The van der Waals surface area contributed by atoms with E-state index in [4.69, 9.17) is 0 Å². The van der Waals surface area contributed by atoms with E-state index in [2.05, 4.69) is 5.32 Å². The van der Waals surface area contributed by atoms with Crippen LogP contribution in [-0.2, 0) is 19.6 Å². The monoisotopic (exact) mass is 382 g/mol. The van der Waals surface area contributed by atoms with Gasteiger partial charge in [0.1, 0.15) is 0 Å². The fourth-order valence-electron chi connectivity index (χ4n) is 2.78. The molecule has 144 valence electrons. The molecule has 9 heteroatoms. The molecule has 0 saturated carbocycles. The van der Waals surface area contributed by atoms with Gasteiger partial charge in [0, 0.05) is 52.9 Å². The zero-order valence-corrected chi connectivity index (χ0v) is 16.5. The van der Waals surface area contributed by atoms with Crippen LogP contribution < -0.4 is 5.32 Å². The zero-order valence-electron chi connectivity index (χ0n) is 15.7. The third-order valence-electron chi connectivity index (χ3n) is 4.42. The van der Waals surface area contributed by atoms with Gasteiger partial charge in [0.2, 0.25) is 21.8 Å². The molecule has 0 radical (unpaired) electrons. The Morgan fingerprint density at radius 3 is 2.31 bits per heavy atom. The molecule has 1 aromatic carbocycles. The Morgan fingerprint density at radius 1 is 1.15 bits per heavy atom. The van der Waals surface area contributed by atoms with E-state index in [-0.39, 0.29) is 23.3 Å². The summed E-state index contributed by atoms with van der Waals surface area (Å²) in [6.45, 7) is 5.96. The van der Waals surface area contributed by atoms with E-state index in [1.165, 1.54) is 20.2 Å². The molecule has 26 heavy (non-hydrogen) atoms. The Bertz CT molecular complexity index is 784. The summed E-state index contributed by atoms with van der Waals surface area (Å²) in [6.07, 6.45) is 0. The van der Waals surface area contributed by atoms with E-state index in [0.717, 1.165) is 4.31 Å². The minimum absolute atomic E-state index is 0.0448. The number of benzene rings is 1. The molecule has 1 heterocycles. The van der Waals surface area contributed by atoms with Crippen LogP contribution in [0.4, 0.5) is 5.69 Å². The minimum atomic E-state index is -3.57. The number of piperazine rings is 1. The van der Waals surface area contributed by atoms with Gasteiger partial charge in [0.05, 0.1) is 11.4 Å². The number of nitrogens with zero attached hydrogens (tertiary/aromatic N) is 3. The van der Waals surface area contributed by atoms with Gasteiger partial charge in [-0.25, -0.2) is 12.7 Å². The molecule has 2 amide bonds. The average molecular weight is 382 g/mol. The quantitative estimate of drug-likeness (QED) is 0.794. The summed E-state index contributed by atoms with van der Waals surface area (Å²) in [5.41, 5.74) is 1.07. The van der Waals surface area contributed by atoms with Crippen molar-refractivity contribution in [1.82, 2.24) is 14.1 Å². The van der Waals surface area contributed by atoms with Crippen molar-refractivity contribution in [2.45, 2.75) is 18.7 Å². The highest BCUT2D eigenvalue weighted by Crippen LogP contribution is 2.22. The lowest BCUT2D eigenvalue weighted by molar-refractivity contribution is -0.130. The van der Waals surface area contributed by atoms with Crippen LogP contribution in [0.25, 0.3) is 0 Å². The summed E-state index contributed by atoms with van der Waals surface area (Å²) in [5, 5.41) is 2.76. The topological polar surface area (TPSA) is 90.0 Å². The molecular formula is C17H26N4O4S. The molecule has 0 unspecified atom stereocenters. The van der Waals surface area contributed by atoms with Crippen LogP contribution >= 0.6 is 0 Å². The van der Waals surface area contributed by atoms with Gasteiger partial charge in [-0.2, -0.15) is 0 Å². The van der Waals surface area contributed by atoms with E-state index in [1.54, 1.807) is 30.9 Å². The highest BCUT2D eigenvalue weighted by molar-refractivity contribution is 7.89. The highest BCUT2D eigenvalue weighted by Gasteiger charge is 2.22. The summed E-state index contributed by atoms with van der Waals surface area (Å²) in [5.74, 6) is -0.165. The summed E-state index contributed by atoms with van der Waals surface area (Å²) in [4.78, 5) is 27.5. The number of hydrogen-bond acceptors (Lipinski definition) is 5. The van der Waals surface area contributed by atoms with Crippen LogP contribution in [-0.4, -0.2) is 81.2 Å². The maximum absolute atomic E-state index is 12.4. The number of carbonyl (C=O) groups excluding carboxylic acids is 2. The van der Waals surface area contributed by atoms with Crippen LogP contribution in [0.5, 0.6) is 0 Å². The van der Waals surface area contributed by atoms with Gasteiger partial charge in [-0.1, -0.05) is 6.07 Å². The zero-order chi connectivity index (χ0) is 19.5. The summed E-state index contributed by atoms with van der Waals surface area (Å²) in [7, 11) is -0.627. The van der Waals surface area contributed by atoms with E-state index in [1.807, 2.05) is 4.90 Å². The molecule has 1 aromatic rings. The number of nitrogens with one attached hydrogen (secondary N) is 1. The smallest absolute Gasteiger partial charge is 0.242 e. The van der Waals surface area contributed by atoms with Gasteiger partial charge < -0.3 is 10.2 Å². The molecule has 1 N–H and O–H groups in total. The summed E-state index contributed by atoms with van der Waals surface area (Å²) in [6, 6.07) is 4.85. The SMILES string of the molecule is CC(=O)N1CCN(CC(=O)Nc2ccc(C)c(S(=O)(=O)N(C)C)c2)CC1. The molecule has 0 bridgehead atoms. The van der Waals surface area contributed by atoms with Gasteiger partial charge in [-0.3, -0.25) is 14.5 Å². The standard InChI is InChI=1S/C17H26N4O4S/c1-13-5-6-15(11-16(13)26(24,25)19(3)4)18-17(23)12-20-7-9-21(10-8-20)14(2)22/h5-6,11H,7-10,12H2,1-4H3,(H,18,23). The molecule has 0 atom stereocenters. The molecule has 1 fully saturated rings. The predicted molar refractivity (Wildman–Crippen MR) is 99.4 cm³/mol. The van der Waals surface area contributed by atoms with E-state index < -0.39 is 10.0 Å². The Hall–Kier alpha value is -1.97. The third kappa shape index (κ3) is 4.80. The normalized spacial score (nSPS) is 16.0. The molecule has 1 aliphatic rings. The van der Waals surface area contributed by atoms with Gasteiger partial charge in [-0.05, 0) is 24.6 Å². The van der Waals surface area contributed by atoms with Crippen LogP contribution in [0.2, 0.25) is 0 Å². The number of hydrogen-bond donors (Lipinski definition) is 1. The van der Waals surface area contributed by atoms with Gasteiger partial charge in [0.15, 0.2) is 0 Å². The second kappa shape index (κ2) is 8.15. The van der Waals surface area contributed by atoms with Gasteiger partial charge in [-0.15, -0.1) is 0 Å². The molecule has 2 rings (SSSR count). The average Bonchev–Trinajstić information content (AvgIpc) is 2.56. The second-order valence-corrected chi connectivity index (χ2v) is 8.72. The minimum Gasteiger partial charge on any atom is -0.340 e. The summed E-state index contributed by atoms with van der Waals surface area (Å²) >= 11 is 0. The predicted octanol–water partition coefficient (Wildman–Crippen LogP) is 0.348. The van der Waals surface area contributed by atoms with Crippen molar-refractivity contribution in [3.8, 4) is 0 Å². The lowest BCUT2D eigenvalue weighted by Crippen LogP contribution is -2.49. The summed E-state index contributed by atoms with van der Waals surface area (Å²) < 4.78 is 25.9. The number of carbonyl (C=O) groups is 2. The van der Waals surface area contributed by atoms with Crippen LogP contribution in [0, 0.1) is 6.92 Å². The number of amides is 2. The Balaban J connectivity index is 2.01. The first-order valence-corrected chi connectivity index (χ1v) is 9.86. The first-order valence-electron chi connectivity index (χ1n) is 8.42. The van der Waals surface area contributed by atoms with Crippen LogP contribution in [0.3, 0.4) is 0 Å². The number of sulfonamides is 1. The maximum atomic E-state index is 12.4. The van der Waals surface area contributed by atoms with Gasteiger partial charge >= 0.3 is 0 Å². The lowest BCUT2D eigenvalue weighted by Gasteiger charge is -2.33. The molecule has 8 nitrogen and oxygen atoms in total. The number of aryl methyl sites for hydroxylation is 1. The Morgan fingerprint density at radius 2 is 1.77 bits per heavy atom. The Kier molecular flexibility index (Phi) is 6.38. The largest absolute Gasteiger partial charge is 0.340 e. The van der Waals surface area contributed by atoms with E-state index in [9.17, 15) is 18.0 Å². The molecule has 1 saturated heterocycles. The number of anilines is 1. The van der Waals surface area contributed by atoms with Crippen molar-refractivity contribution >= 4 is 27.5 Å². The van der Waals surface area contributed by atoms with Crippen molar-refractivity contribution in [2.75, 3.05) is 52.1 Å². The molecule has 1 aliphatic heterocycles. The van der Waals surface area contributed by atoms with Crippen molar-refractivity contribution in [1.29, 1.82) is 0 Å². The van der Waals surface area contributed by atoms with Gasteiger partial charge in [0.25, 0.3) is 0 Å². The molecule has 0 aliphatic carbocycles. The molecule has 0 aromatic heterocycles. The maximum Gasteiger partial charge on any atom is 0.242 e. The first-order chi connectivity index (χ1) is 12.1. The highest BCUT2D eigenvalue weighted by atomic mass is 32.2. The van der Waals surface area contributed by atoms with E-state index >= 15 is 0 Å². The lowest BCUT2D eigenvalue weighted by atomic mass is 10.2. The Labute approximate surface area is 154 Å². The van der Waals surface area contributed by atoms with Crippen molar-refractivity contribution in [3.05, 3.63) is 23.8 Å². The van der Waals surface area contributed by atoms with Crippen LogP contribution in [0.1, 0.15) is 12.5 Å². The van der Waals surface area contributed by atoms with Crippen molar-refractivity contribution < 1.29 is 18.0 Å². The van der Waals surface area contributed by atoms with Crippen molar-refractivity contribution in [2.24, 2.45) is 0 Å². The fourth-order valence-corrected chi connectivity index (χ4v) is 3.92. The third-order valence-corrected chi connectivity index (χ3v) is 6.37. The molecular weight excluding hydrogens is 356 g/mol. The fraction of sp³-hybridized carbons (Fsp3) is 0.529.